The molecule has 5 aliphatic carbocycles. The number of hydrogen-bond donors (Lipinski definition) is 13. The molecule has 0 spiro atoms. The van der Waals surface area contributed by atoms with Gasteiger partial charge in [0.25, 0.3) is 0 Å². The van der Waals surface area contributed by atoms with Crippen LogP contribution in [0.4, 0.5) is 0 Å². The van der Waals surface area contributed by atoms with Crippen molar-refractivity contribution in [2.24, 2.45) is 50.2 Å². The van der Waals surface area contributed by atoms with E-state index in [1.807, 2.05) is 27.7 Å². The predicted molar refractivity (Wildman–Crippen MR) is 304 cm³/mol. The highest BCUT2D eigenvalue weighted by Crippen LogP contribution is 2.76. The smallest absolute Gasteiger partial charge is 0.335 e. The Hall–Kier alpha value is -3.44. The molecule has 4 saturated carbocycles. The summed E-state index contributed by atoms with van der Waals surface area (Å²) in [5.41, 5.74) is -3.50. The molecule has 0 amide bonds. The van der Waals surface area contributed by atoms with Crippen LogP contribution >= 0.6 is 0 Å². The quantitative estimate of drug-likeness (QED) is 0.0282. The molecule has 3 unspecified atom stereocenters. The van der Waals surface area contributed by atoms with Gasteiger partial charge in [0.05, 0.1) is 31.3 Å². The van der Waals surface area contributed by atoms with Crippen molar-refractivity contribution in [3.05, 3.63) is 23.3 Å². The van der Waals surface area contributed by atoms with Crippen LogP contribution in [0, 0.1) is 50.2 Å². The maximum Gasteiger partial charge on any atom is 0.335 e. The molecule has 512 valence electrons. The number of esters is 3. The third-order valence-electron chi connectivity index (χ3n) is 22.9. The molecule has 0 bridgehead atoms. The SMILES string of the molecule is C/C=C(/C)C(=O)O[C@H]1[C@H](O)[C@@]2(COC(C)=O)C(CC1(C)C)C1=CCC3[C@@]4(C)CC[C@H](O[C@@H]5O[C@H](C(=O)O)[C@@H](O)[C@H](O[C@@H]6OC[C@H](O)[C@H](O)[C@H]6O[C@@H]6O[C@H](CO)[C@@H](O)[C@H](O)[C@H]6O)[C@H]5O[C@@H]5O[C@H](CO)[C@H](O)[C@H](O)[C@H]5O)C(C)(C)C4CC[C@@]3(C)[C@]1(C)C[C@H]2OC(C)=O. The molecule has 13 N–H and O–H groups in total. The van der Waals surface area contributed by atoms with Crippen LogP contribution in [0.3, 0.4) is 0 Å². The van der Waals surface area contributed by atoms with Crippen LogP contribution in [-0.2, 0) is 71.3 Å². The summed E-state index contributed by atoms with van der Waals surface area (Å²) >= 11 is 0. The van der Waals surface area contributed by atoms with E-state index in [1.54, 1.807) is 19.9 Å². The van der Waals surface area contributed by atoms with E-state index in [0.29, 0.717) is 44.1 Å². The van der Waals surface area contributed by atoms with Crippen molar-refractivity contribution in [3.63, 3.8) is 0 Å². The standard InChI is InChI=1S/C62H96O28/c1-12-25(2)52(79)90-50-49(76)62(24-81-26(3)65)29(19-57(50,5)6)28-13-14-34-59(9)17-16-35(58(7,8)33(59)15-18-60(34,10)61(28,11)20-36(62)82-27(4)66)85-56-48(89-54-43(74)41(72)39(70)32(22-64)84-54)45(44(75)46(87-56)51(77)78)86-55-47(37(68)30(67)23-80-55)88-53-42(73)40(71)38(69)31(21-63)83-53/h12-13,29-50,53-56,63-64,67-76H,14-24H2,1-11H3,(H,77,78)/b25-12-/t29?,30-,31+,32+,33?,34?,35-,36+,37-,38+,39-,40-,41-,42+,43+,44-,45-,46-,47+,48+,49-,50-,53-,54-,55-,56+,59-,60+,61+,62-/m0/s1. The third kappa shape index (κ3) is 12.0. The average molecular weight is 1290 g/mol. The van der Waals surface area contributed by atoms with Crippen molar-refractivity contribution < 1.29 is 138 Å². The van der Waals surface area contributed by atoms with Gasteiger partial charge in [-0.15, -0.1) is 0 Å². The van der Waals surface area contributed by atoms with Crippen molar-refractivity contribution >= 4 is 23.9 Å². The minimum absolute atomic E-state index is 0.0595. The minimum atomic E-state index is -2.26. The lowest BCUT2D eigenvalue weighted by molar-refractivity contribution is -0.401. The van der Waals surface area contributed by atoms with Gasteiger partial charge in [-0.1, -0.05) is 66.2 Å². The van der Waals surface area contributed by atoms with Crippen LogP contribution in [-0.4, -0.2) is 258 Å². The summed E-state index contributed by atoms with van der Waals surface area (Å²) in [5, 5.41) is 143. The van der Waals surface area contributed by atoms with Gasteiger partial charge >= 0.3 is 23.9 Å². The highest BCUT2D eigenvalue weighted by Gasteiger charge is 2.74. The third-order valence-corrected chi connectivity index (χ3v) is 22.9. The fourth-order valence-electron chi connectivity index (χ4n) is 17.6. The number of allylic oxidation sites excluding steroid dienone is 3. The number of aliphatic carboxylic acids is 1. The average Bonchev–Trinajstić information content (AvgIpc) is 0.670. The number of aliphatic hydroxyl groups is 12. The number of fused-ring (bicyclic) bond motifs is 7. The van der Waals surface area contributed by atoms with Crippen LogP contribution in [0.1, 0.15) is 121 Å². The zero-order valence-corrected chi connectivity index (χ0v) is 52.9. The van der Waals surface area contributed by atoms with Gasteiger partial charge in [0.1, 0.15) is 110 Å². The number of hydrogen-bond acceptors (Lipinski definition) is 27. The van der Waals surface area contributed by atoms with Gasteiger partial charge in [-0.05, 0) is 98.2 Å². The predicted octanol–water partition coefficient (Wildman–Crippen LogP) is -1.26. The first-order valence-electron chi connectivity index (χ1n) is 31.3. The van der Waals surface area contributed by atoms with Crippen molar-refractivity contribution in [2.45, 2.75) is 262 Å². The lowest BCUT2D eigenvalue weighted by Crippen LogP contribution is -2.72. The fourth-order valence-corrected chi connectivity index (χ4v) is 17.6. The van der Waals surface area contributed by atoms with Gasteiger partial charge in [0.2, 0.25) is 0 Å². The minimum Gasteiger partial charge on any atom is -0.479 e. The first-order chi connectivity index (χ1) is 42.0. The number of carbonyl (C=O) groups excluding carboxylic acids is 3. The van der Waals surface area contributed by atoms with Crippen molar-refractivity contribution in [1.82, 2.24) is 0 Å². The van der Waals surface area contributed by atoms with E-state index in [9.17, 15) is 85.6 Å². The molecule has 9 aliphatic rings. The lowest BCUT2D eigenvalue weighted by atomic mass is 9.33. The Morgan fingerprint density at radius 1 is 0.622 bits per heavy atom. The summed E-state index contributed by atoms with van der Waals surface area (Å²) in [7, 11) is 0. The van der Waals surface area contributed by atoms with E-state index in [2.05, 4.69) is 26.8 Å². The number of carboxylic acids is 1. The summed E-state index contributed by atoms with van der Waals surface area (Å²) in [6, 6.07) is 0. The summed E-state index contributed by atoms with van der Waals surface area (Å²) < 4.78 is 67.2. The Balaban J connectivity index is 1.06. The monoisotopic (exact) mass is 1290 g/mol. The van der Waals surface area contributed by atoms with E-state index in [4.69, 9.17) is 52.1 Å². The molecule has 0 radical (unpaired) electrons. The Kier molecular flexibility index (Phi) is 20.7. The Labute approximate surface area is 522 Å². The molecule has 4 aliphatic heterocycles. The molecule has 8 fully saturated rings. The van der Waals surface area contributed by atoms with Crippen LogP contribution in [0.25, 0.3) is 0 Å². The Bertz CT molecular complexity index is 2670. The molecule has 28 nitrogen and oxygen atoms in total. The zero-order valence-electron chi connectivity index (χ0n) is 52.9. The number of aliphatic hydroxyl groups excluding tert-OH is 12. The van der Waals surface area contributed by atoms with Crippen molar-refractivity contribution in [1.29, 1.82) is 0 Å². The van der Waals surface area contributed by atoms with E-state index >= 15 is 0 Å². The van der Waals surface area contributed by atoms with E-state index in [0.717, 1.165) is 5.57 Å². The van der Waals surface area contributed by atoms with Gasteiger partial charge in [0, 0.05) is 24.8 Å². The van der Waals surface area contributed by atoms with Crippen LogP contribution < -0.4 is 0 Å². The van der Waals surface area contributed by atoms with Gasteiger partial charge in [-0.25, -0.2) is 9.59 Å². The number of carboxylic acid groups (broad SMARTS) is 1. The van der Waals surface area contributed by atoms with Gasteiger partial charge in [-0.2, -0.15) is 0 Å². The first-order valence-corrected chi connectivity index (χ1v) is 31.3. The summed E-state index contributed by atoms with van der Waals surface area (Å²) in [6.07, 6.45) is -34.1. The molecule has 4 heterocycles. The first kappa shape index (κ1) is 70.9. The molecular formula is C62H96O28. The second kappa shape index (κ2) is 26.3. The molecule has 0 aromatic carbocycles. The van der Waals surface area contributed by atoms with Gasteiger partial charge < -0.3 is 118 Å². The number of ether oxygens (including phenoxy) is 11. The van der Waals surface area contributed by atoms with Gasteiger partial charge in [-0.3, -0.25) is 9.59 Å². The maximum atomic E-state index is 13.5. The molecule has 30 atom stereocenters. The van der Waals surface area contributed by atoms with E-state index in [-0.39, 0.29) is 24.9 Å². The normalized spacial score (nSPS) is 49.1. The van der Waals surface area contributed by atoms with Crippen molar-refractivity contribution in [3.8, 4) is 0 Å². The molecule has 9 rings (SSSR count). The second-order valence-electron chi connectivity index (χ2n) is 28.7. The number of rotatable bonds is 16. The van der Waals surface area contributed by atoms with Crippen molar-refractivity contribution in [2.75, 3.05) is 26.4 Å². The number of carbonyl (C=O) groups is 4. The highest BCUT2D eigenvalue weighted by molar-refractivity contribution is 5.87. The zero-order chi connectivity index (χ0) is 66.4. The largest absolute Gasteiger partial charge is 0.479 e. The molecule has 0 aromatic rings. The molecule has 90 heavy (non-hydrogen) atoms. The van der Waals surface area contributed by atoms with E-state index in [1.165, 1.54) is 13.8 Å². The van der Waals surface area contributed by atoms with Crippen LogP contribution in [0.2, 0.25) is 0 Å². The van der Waals surface area contributed by atoms with Crippen LogP contribution in [0.15, 0.2) is 23.3 Å². The fraction of sp³-hybridized carbons (Fsp3) is 0.871. The summed E-state index contributed by atoms with van der Waals surface area (Å²) in [5.74, 6) is -4.33. The molecular weight excluding hydrogens is 1190 g/mol. The summed E-state index contributed by atoms with van der Waals surface area (Å²) in [6.45, 7) is 17.7. The molecule has 0 aromatic heterocycles. The van der Waals surface area contributed by atoms with Gasteiger partial charge in [0.15, 0.2) is 31.3 Å². The molecule has 4 saturated heterocycles. The maximum absolute atomic E-state index is 13.5. The molecule has 28 heteroatoms. The Morgan fingerprint density at radius 3 is 1.77 bits per heavy atom. The highest BCUT2D eigenvalue weighted by atomic mass is 16.8. The summed E-state index contributed by atoms with van der Waals surface area (Å²) in [4.78, 5) is 52.9. The Morgan fingerprint density at radius 2 is 1.21 bits per heavy atom. The topological polar surface area (TPSA) is 433 Å². The van der Waals surface area contributed by atoms with Crippen LogP contribution in [0.5, 0.6) is 0 Å². The van der Waals surface area contributed by atoms with E-state index < -0.39 is 223 Å². The second-order valence-corrected chi connectivity index (χ2v) is 28.7. The lowest BCUT2D eigenvalue weighted by Gasteiger charge is -2.72.